The first-order valence-electron chi connectivity index (χ1n) is 4.99. The Balaban J connectivity index is 4.16. The van der Waals surface area contributed by atoms with Crippen molar-refractivity contribution in [1.82, 2.24) is 5.32 Å². The van der Waals surface area contributed by atoms with Crippen LogP contribution in [0.15, 0.2) is 36.5 Å². The fourth-order valence-corrected chi connectivity index (χ4v) is 0.994. The van der Waals surface area contributed by atoms with E-state index in [2.05, 4.69) is 18.8 Å². The fourth-order valence-electron chi connectivity index (χ4n) is 0.994. The van der Waals surface area contributed by atoms with E-state index in [1.165, 1.54) is 0 Å². The molecule has 78 valence electrons. The van der Waals surface area contributed by atoms with E-state index in [9.17, 15) is 4.79 Å². The molecule has 0 aromatic heterocycles. The zero-order valence-corrected chi connectivity index (χ0v) is 9.05. The highest BCUT2D eigenvalue weighted by Gasteiger charge is 2.02. The molecule has 2 heteroatoms. The zero-order chi connectivity index (χ0) is 10.8. The van der Waals surface area contributed by atoms with Crippen LogP contribution in [0.25, 0.3) is 0 Å². The second-order valence-electron chi connectivity index (χ2n) is 2.97. The van der Waals surface area contributed by atoms with Crippen LogP contribution in [0, 0.1) is 0 Å². The molecule has 0 atom stereocenters. The number of hydrogen-bond acceptors (Lipinski definition) is 1. The van der Waals surface area contributed by atoms with Gasteiger partial charge in [-0.3, -0.25) is 4.79 Å². The summed E-state index contributed by atoms with van der Waals surface area (Å²) in [6, 6.07) is 0. The SMILES string of the molecule is C=C/C=C(\C=C/C)C(=O)NCCCC. The Morgan fingerprint density at radius 1 is 1.50 bits per heavy atom. The highest BCUT2D eigenvalue weighted by atomic mass is 16.1. The Morgan fingerprint density at radius 2 is 2.21 bits per heavy atom. The van der Waals surface area contributed by atoms with Gasteiger partial charge in [0.2, 0.25) is 0 Å². The second-order valence-corrected chi connectivity index (χ2v) is 2.97. The molecular formula is C12H19NO. The van der Waals surface area contributed by atoms with Gasteiger partial charge in [-0.05, 0) is 13.3 Å². The third-order valence-electron chi connectivity index (χ3n) is 1.72. The van der Waals surface area contributed by atoms with Crippen LogP contribution < -0.4 is 5.32 Å². The molecule has 0 saturated carbocycles. The monoisotopic (exact) mass is 193 g/mol. The minimum absolute atomic E-state index is 0.0311. The predicted octanol–water partition coefficient (Wildman–Crippen LogP) is 2.59. The molecule has 0 spiro atoms. The predicted molar refractivity (Wildman–Crippen MR) is 61.0 cm³/mol. The number of allylic oxidation sites excluding steroid dienone is 3. The number of hydrogen-bond donors (Lipinski definition) is 1. The summed E-state index contributed by atoms with van der Waals surface area (Å²) in [5.74, 6) is -0.0311. The summed E-state index contributed by atoms with van der Waals surface area (Å²) < 4.78 is 0. The number of carbonyl (C=O) groups is 1. The lowest BCUT2D eigenvalue weighted by Gasteiger charge is -2.03. The molecule has 0 fully saturated rings. The van der Waals surface area contributed by atoms with Crippen molar-refractivity contribution < 1.29 is 4.79 Å². The van der Waals surface area contributed by atoms with Crippen LogP contribution in [-0.4, -0.2) is 12.5 Å². The minimum Gasteiger partial charge on any atom is -0.352 e. The van der Waals surface area contributed by atoms with Crippen LogP contribution in [-0.2, 0) is 4.79 Å². The van der Waals surface area contributed by atoms with E-state index in [-0.39, 0.29) is 5.91 Å². The summed E-state index contributed by atoms with van der Waals surface area (Å²) in [5.41, 5.74) is 0.651. The van der Waals surface area contributed by atoms with Crippen LogP contribution in [0.5, 0.6) is 0 Å². The molecule has 0 unspecified atom stereocenters. The van der Waals surface area contributed by atoms with E-state index >= 15 is 0 Å². The Kier molecular flexibility index (Phi) is 7.52. The molecule has 0 heterocycles. The first kappa shape index (κ1) is 12.7. The molecule has 1 amide bonds. The van der Waals surface area contributed by atoms with Gasteiger partial charge in [-0.15, -0.1) is 0 Å². The summed E-state index contributed by atoms with van der Waals surface area (Å²) in [6.07, 6.45) is 9.06. The van der Waals surface area contributed by atoms with Gasteiger partial charge in [-0.1, -0.05) is 44.2 Å². The van der Waals surface area contributed by atoms with Crippen molar-refractivity contribution in [3.05, 3.63) is 36.5 Å². The van der Waals surface area contributed by atoms with Crippen LogP contribution >= 0.6 is 0 Å². The smallest absolute Gasteiger partial charge is 0.251 e. The third kappa shape index (κ3) is 5.36. The lowest BCUT2D eigenvalue weighted by atomic mass is 10.2. The van der Waals surface area contributed by atoms with E-state index in [0.29, 0.717) is 5.57 Å². The van der Waals surface area contributed by atoms with E-state index in [0.717, 1.165) is 19.4 Å². The summed E-state index contributed by atoms with van der Waals surface area (Å²) in [4.78, 5) is 11.5. The van der Waals surface area contributed by atoms with Gasteiger partial charge in [0.15, 0.2) is 0 Å². The molecule has 0 radical (unpaired) electrons. The average Bonchev–Trinajstić information content (AvgIpc) is 2.18. The third-order valence-corrected chi connectivity index (χ3v) is 1.72. The maximum atomic E-state index is 11.5. The van der Waals surface area contributed by atoms with Gasteiger partial charge in [0.1, 0.15) is 0 Å². The van der Waals surface area contributed by atoms with Crippen molar-refractivity contribution in [2.45, 2.75) is 26.7 Å². The highest BCUT2D eigenvalue weighted by Crippen LogP contribution is 1.98. The molecule has 0 aliphatic heterocycles. The van der Waals surface area contributed by atoms with E-state index < -0.39 is 0 Å². The van der Waals surface area contributed by atoms with E-state index in [1.807, 2.05) is 13.0 Å². The summed E-state index contributed by atoms with van der Waals surface area (Å²) >= 11 is 0. The molecule has 0 rings (SSSR count). The zero-order valence-electron chi connectivity index (χ0n) is 9.05. The average molecular weight is 193 g/mol. The molecule has 0 aliphatic rings. The number of rotatable bonds is 6. The van der Waals surface area contributed by atoms with Crippen molar-refractivity contribution in [3.63, 3.8) is 0 Å². The minimum atomic E-state index is -0.0311. The largest absolute Gasteiger partial charge is 0.352 e. The maximum absolute atomic E-state index is 11.5. The van der Waals surface area contributed by atoms with Crippen LogP contribution in [0.2, 0.25) is 0 Å². The number of amides is 1. The number of carbonyl (C=O) groups excluding carboxylic acids is 1. The van der Waals surface area contributed by atoms with Crippen LogP contribution in [0.1, 0.15) is 26.7 Å². The Hall–Kier alpha value is -1.31. The van der Waals surface area contributed by atoms with Gasteiger partial charge >= 0.3 is 0 Å². The lowest BCUT2D eigenvalue weighted by Crippen LogP contribution is -2.25. The second kappa shape index (κ2) is 8.30. The van der Waals surface area contributed by atoms with Crippen molar-refractivity contribution in [3.8, 4) is 0 Å². The first-order chi connectivity index (χ1) is 6.76. The van der Waals surface area contributed by atoms with Crippen molar-refractivity contribution >= 4 is 5.91 Å². The van der Waals surface area contributed by atoms with Crippen molar-refractivity contribution in [2.75, 3.05) is 6.54 Å². The summed E-state index contributed by atoms with van der Waals surface area (Å²) in [7, 11) is 0. The molecule has 0 aromatic rings. The molecule has 0 aliphatic carbocycles. The topological polar surface area (TPSA) is 29.1 Å². The van der Waals surface area contributed by atoms with Crippen LogP contribution in [0.3, 0.4) is 0 Å². The van der Waals surface area contributed by atoms with Crippen LogP contribution in [0.4, 0.5) is 0 Å². The number of unbranched alkanes of at least 4 members (excludes halogenated alkanes) is 1. The molecule has 0 bridgehead atoms. The molecule has 0 saturated heterocycles. The summed E-state index contributed by atoms with van der Waals surface area (Å²) in [6.45, 7) is 8.29. The van der Waals surface area contributed by atoms with Gasteiger partial charge in [0.25, 0.3) is 5.91 Å². The van der Waals surface area contributed by atoms with Gasteiger partial charge < -0.3 is 5.32 Å². The molecule has 2 nitrogen and oxygen atoms in total. The lowest BCUT2D eigenvalue weighted by molar-refractivity contribution is -0.117. The normalized spacial score (nSPS) is 11.7. The molecule has 14 heavy (non-hydrogen) atoms. The first-order valence-corrected chi connectivity index (χ1v) is 4.99. The van der Waals surface area contributed by atoms with Gasteiger partial charge in [0.05, 0.1) is 0 Å². The van der Waals surface area contributed by atoms with Gasteiger partial charge in [0, 0.05) is 12.1 Å². The quantitative estimate of drug-likeness (QED) is 0.392. The standard InChI is InChI=1S/C12H19NO/c1-4-7-10-13-12(14)11(8-5-2)9-6-3/h5-6,8-9H,2,4,7,10H2,1,3H3,(H,13,14)/b9-6-,11-8+. The summed E-state index contributed by atoms with van der Waals surface area (Å²) in [5, 5.41) is 2.85. The Bertz CT molecular complexity index is 239. The van der Waals surface area contributed by atoms with Gasteiger partial charge in [-0.25, -0.2) is 0 Å². The molecular weight excluding hydrogens is 174 g/mol. The Morgan fingerprint density at radius 3 is 2.71 bits per heavy atom. The molecule has 1 N–H and O–H groups in total. The van der Waals surface area contributed by atoms with E-state index in [4.69, 9.17) is 0 Å². The van der Waals surface area contributed by atoms with Crippen molar-refractivity contribution in [1.29, 1.82) is 0 Å². The molecule has 0 aromatic carbocycles. The van der Waals surface area contributed by atoms with Gasteiger partial charge in [-0.2, -0.15) is 0 Å². The van der Waals surface area contributed by atoms with Crippen molar-refractivity contribution in [2.24, 2.45) is 0 Å². The van der Waals surface area contributed by atoms with E-state index in [1.54, 1.807) is 18.2 Å². The highest BCUT2D eigenvalue weighted by molar-refractivity contribution is 5.96. The number of nitrogens with one attached hydrogen (secondary N) is 1. The Labute approximate surface area is 86.4 Å². The maximum Gasteiger partial charge on any atom is 0.251 e. The fraction of sp³-hybridized carbons (Fsp3) is 0.417.